The first-order valence-corrected chi connectivity index (χ1v) is 16.6. The number of methoxy groups -OCH3 is 3. The number of para-hydroxylation sites is 1. The van der Waals surface area contributed by atoms with Gasteiger partial charge in [0.15, 0.2) is 11.5 Å². The van der Waals surface area contributed by atoms with E-state index in [0.29, 0.717) is 90.7 Å². The maximum atomic E-state index is 13.8. The van der Waals surface area contributed by atoms with Crippen LogP contribution in [-0.2, 0) is 22.6 Å². The molecule has 1 fully saturated rings. The lowest BCUT2D eigenvalue weighted by Gasteiger charge is -2.35. The Morgan fingerprint density at radius 2 is 1.72 bits per heavy atom. The number of aryl methyl sites for hydroxylation is 1. The molecule has 2 atom stereocenters. The Balaban J connectivity index is 1.22. The van der Waals surface area contributed by atoms with Crippen molar-refractivity contribution in [3.63, 3.8) is 0 Å². The Labute approximate surface area is 289 Å². The quantitative estimate of drug-likeness (QED) is 0.240. The van der Waals surface area contributed by atoms with Crippen molar-refractivity contribution in [2.24, 2.45) is 0 Å². The second-order valence-electron chi connectivity index (χ2n) is 12.6. The van der Waals surface area contributed by atoms with E-state index in [1.807, 2.05) is 30.3 Å². The van der Waals surface area contributed by atoms with Gasteiger partial charge in [0, 0.05) is 38.7 Å². The number of aromatic nitrogens is 2. The van der Waals surface area contributed by atoms with Crippen molar-refractivity contribution in [3.05, 3.63) is 86.1 Å². The Morgan fingerprint density at radius 3 is 2.42 bits per heavy atom. The molecule has 2 heterocycles. The largest absolute Gasteiger partial charge is 0.493 e. The van der Waals surface area contributed by atoms with Gasteiger partial charge in [-0.15, -0.1) is 0 Å². The Hall–Kier alpha value is -5.43. The number of aromatic amines is 1. The van der Waals surface area contributed by atoms with E-state index in [0.717, 1.165) is 11.1 Å². The highest BCUT2D eigenvalue weighted by molar-refractivity contribution is 5.86. The number of rotatable bonds is 9. The molecule has 0 radical (unpaired) electrons. The van der Waals surface area contributed by atoms with Gasteiger partial charge in [0.25, 0.3) is 5.56 Å². The number of carbonyl (C=O) groups is 2. The second-order valence-corrected chi connectivity index (χ2v) is 12.6. The van der Waals surface area contributed by atoms with Crippen molar-refractivity contribution < 1.29 is 23.8 Å². The van der Waals surface area contributed by atoms with Crippen molar-refractivity contribution in [1.82, 2.24) is 25.1 Å². The molecule has 50 heavy (non-hydrogen) atoms. The number of hydrogen-bond donors (Lipinski definition) is 3. The fraction of sp³-hybridized carbons (Fsp3) is 0.378. The minimum absolute atomic E-state index is 0.130. The number of fused-ring (bicyclic) bond motifs is 4. The molecule has 2 aliphatic rings. The number of carbonyl (C=O) groups excluding carboxylic acids is 2. The van der Waals surface area contributed by atoms with Crippen LogP contribution in [0.1, 0.15) is 43.3 Å². The van der Waals surface area contributed by atoms with Gasteiger partial charge in [-0.2, -0.15) is 0 Å². The molecular weight excluding hydrogens is 640 g/mol. The molecule has 1 aromatic heterocycles. The topological polar surface area (TPSA) is 155 Å². The first-order valence-electron chi connectivity index (χ1n) is 16.6. The zero-order valence-electron chi connectivity index (χ0n) is 28.9. The van der Waals surface area contributed by atoms with Crippen LogP contribution in [0.25, 0.3) is 22.0 Å². The molecule has 3 aromatic carbocycles. The molecular formula is C37H42N6O7. The summed E-state index contributed by atoms with van der Waals surface area (Å²) in [5.74, 6) is 1.64. The zero-order chi connectivity index (χ0) is 35.5. The van der Waals surface area contributed by atoms with Crippen molar-refractivity contribution in [1.29, 1.82) is 0 Å². The highest BCUT2D eigenvalue weighted by Crippen LogP contribution is 2.50. The lowest BCUT2D eigenvalue weighted by molar-refractivity contribution is -0.133. The van der Waals surface area contributed by atoms with Crippen LogP contribution < -0.4 is 35.8 Å². The van der Waals surface area contributed by atoms with Crippen LogP contribution in [0, 0.1) is 0 Å². The second kappa shape index (κ2) is 14.6. The van der Waals surface area contributed by atoms with Gasteiger partial charge >= 0.3 is 0 Å². The number of piperazine rings is 1. The molecule has 262 valence electrons. The third-order valence-electron chi connectivity index (χ3n) is 9.38. The van der Waals surface area contributed by atoms with Crippen molar-refractivity contribution in [2.75, 3.05) is 52.8 Å². The van der Waals surface area contributed by atoms with Gasteiger partial charge in [-0.05, 0) is 66.8 Å². The van der Waals surface area contributed by atoms with Crippen molar-refractivity contribution in [3.8, 4) is 28.4 Å². The predicted octanol–water partition coefficient (Wildman–Crippen LogP) is 3.24. The Bertz CT molecular complexity index is 2060. The number of benzene rings is 2. The molecule has 0 saturated carbocycles. The number of hydrogen-bond acceptors (Lipinski definition) is 10. The maximum absolute atomic E-state index is 13.8. The van der Waals surface area contributed by atoms with Crippen molar-refractivity contribution in [2.45, 2.75) is 45.3 Å². The summed E-state index contributed by atoms with van der Waals surface area (Å²) in [6, 6.07) is 13.0. The van der Waals surface area contributed by atoms with E-state index >= 15 is 0 Å². The molecule has 13 nitrogen and oxygen atoms in total. The summed E-state index contributed by atoms with van der Waals surface area (Å²) in [6.07, 6.45) is 1.13. The molecule has 1 aliphatic heterocycles. The van der Waals surface area contributed by atoms with Crippen LogP contribution in [0.15, 0.2) is 58.1 Å². The average Bonchev–Trinajstić information content (AvgIpc) is 3.35. The molecule has 0 unspecified atom stereocenters. The van der Waals surface area contributed by atoms with Gasteiger partial charge in [-0.25, -0.2) is 4.98 Å². The molecule has 1 saturated heterocycles. The van der Waals surface area contributed by atoms with E-state index in [1.165, 1.54) is 20.1 Å². The van der Waals surface area contributed by atoms with E-state index < -0.39 is 12.1 Å². The van der Waals surface area contributed by atoms with Gasteiger partial charge in [0.05, 0.1) is 50.5 Å². The highest BCUT2D eigenvalue weighted by Gasteiger charge is 2.30. The Morgan fingerprint density at radius 1 is 0.980 bits per heavy atom. The SMILES string of the molecule is COc1cc2c(c(OC)c1OC)-c1ccc(N[C@@H](C)C(=O)N3CCN(Cc4nc5ccccc5c(=O)[nH]4)CC3)c(=O)cc1[C@@H](NC(C)=O)CC2. The van der Waals surface area contributed by atoms with E-state index in [2.05, 4.69) is 25.5 Å². The van der Waals surface area contributed by atoms with E-state index in [4.69, 9.17) is 14.2 Å². The molecule has 13 heteroatoms. The van der Waals surface area contributed by atoms with Crippen LogP contribution in [0.4, 0.5) is 5.69 Å². The summed E-state index contributed by atoms with van der Waals surface area (Å²) < 4.78 is 17.1. The number of H-pyrrole nitrogens is 1. The number of nitrogens with zero attached hydrogens (tertiary/aromatic N) is 3. The van der Waals surface area contributed by atoms with E-state index in [9.17, 15) is 19.2 Å². The number of nitrogens with one attached hydrogen (secondary N) is 3. The number of ether oxygens (including phenoxy) is 3. The zero-order valence-corrected chi connectivity index (χ0v) is 28.9. The molecule has 4 aromatic rings. The lowest BCUT2D eigenvalue weighted by Crippen LogP contribution is -2.52. The van der Waals surface area contributed by atoms with Crippen LogP contribution in [0.3, 0.4) is 0 Å². The predicted molar refractivity (Wildman–Crippen MR) is 190 cm³/mol. The fourth-order valence-corrected chi connectivity index (χ4v) is 6.94. The van der Waals surface area contributed by atoms with Gasteiger partial charge in [0.1, 0.15) is 11.9 Å². The third kappa shape index (κ3) is 6.86. The summed E-state index contributed by atoms with van der Waals surface area (Å²) in [7, 11) is 4.65. The number of anilines is 1. The first-order chi connectivity index (χ1) is 24.1. The van der Waals surface area contributed by atoms with Gasteiger partial charge < -0.3 is 34.7 Å². The molecule has 2 amide bonds. The van der Waals surface area contributed by atoms with Crippen LogP contribution in [0.2, 0.25) is 0 Å². The molecule has 0 bridgehead atoms. The van der Waals surface area contributed by atoms with E-state index in [-0.39, 0.29) is 28.5 Å². The average molecular weight is 683 g/mol. The maximum Gasteiger partial charge on any atom is 0.258 e. The highest BCUT2D eigenvalue weighted by atomic mass is 16.5. The van der Waals surface area contributed by atoms with Gasteiger partial charge in [-0.3, -0.25) is 24.1 Å². The minimum atomic E-state index is -0.688. The lowest BCUT2D eigenvalue weighted by atomic mass is 9.95. The smallest absolute Gasteiger partial charge is 0.258 e. The van der Waals surface area contributed by atoms with Gasteiger partial charge in [0.2, 0.25) is 23.0 Å². The normalized spacial score (nSPS) is 16.4. The van der Waals surface area contributed by atoms with E-state index in [1.54, 1.807) is 38.2 Å². The minimum Gasteiger partial charge on any atom is -0.493 e. The summed E-state index contributed by atoms with van der Waals surface area (Å²) >= 11 is 0. The van der Waals surface area contributed by atoms with Crippen LogP contribution in [-0.4, -0.2) is 85.1 Å². The van der Waals surface area contributed by atoms with Crippen molar-refractivity contribution >= 4 is 28.4 Å². The standard InChI is InChI=1S/C37H42N6O7/c1-21(37(47)43-16-14-42(15-17-43)20-32-40-27-9-7-6-8-25(27)36(46)41-32)38-29-13-11-24-26(19-30(29)45)28(39-22(2)44)12-10-23-18-31(48-3)34(49-4)35(50-5)33(23)24/h6-9,11,13,18-19,21,28H,10,12,14-17,20H2,1-5H3,(H,38,45)(H,39,44)(H,40,41,46)/t21-,28-/m0/s1. The summed E-state index contributed by atoms with van der Waals surface area (Å²) in [5, 5.41) is 6.72. The molecule has 1 aliphatic carbocycles. The fourth-order valence-electron chi connectivity index (χ4n) is 6.94. The number of amides is 2. The monoisotopic (exact) mass is 682 g/mol. The van der Waals surface area contributed by atoms with Crippen LogP contribution in [0.5, 0.6) is 17.2 Å². The summed E-state index contributed by atoms with van der Waals surface area (Å²) in [6.45, 7) is 5.85. The molecule has 6 rings (SSSR count). The van der Waals surface area contributed by atoms with Crippen LogP contribution >= 0.6 is 0 Å². The molecule has 0 spiro atoms. The Kier molecular flexibility index (Phi) is 10.0. The first kappa shape index (κ1) is 34.4. The third-order valence-corrected chi connectivity index (χ3v) is 9.38. The van der Waals surface area contributed by atoms with Gasteiger partial charge in [-0.1, -0.05) is 18.2 Å². The summed E-state index contributed by atoms with van der Waals surface area (Å²) in [4.78, 5) is 63.6. The summed E-state index contributed by atoms with van der Waals surface area (Å²) in [5.41, 5.74) is 3.44. The molecule has 3 N–H and O–H groups in total.